The Kier molecular flexibility index (Phi) is 4.39. The topological polar surface area (TPSA) is 114 Å². The number of pyridine rings is 2. The minimum absolute atomic E-state index is 0.263. The van der Waals surface area contributed by atoms with Gasteiger partial charge in [0.1, 0.15) is 10.0 Å². The van der Waals surface area contributed by atoms with Crippen LogP contribution in [0.2, 0.25) is 0 Å². The summed E-state index contributed by atoms with van der Waals surface area (Å²) in [6.45, 7) is 0. The van der Waals surface area contributed by atoms with Crippen LogP contribution in [0.3, 0.4) is 0 Å². The van der Waals surface area contributed by atoms with E-state index in [1.807, 2.05) is 24.3 Å². The van der Waals surface area contributed by atoms with E-state index >= 15 is 0 Å². The second-order valence-corrected chi connectivity index (χ2v) is 6.12. The van der Waals surface area contributed by atoms with E-state index < -0.39 is 0 Å². The zero-order valence-electron chi connectivity index (χ0n) is 12.5. The Morgan fingerprint density at radius 1 is 0.840 bits per heavy atom. The van der Waals surface area contributed by atoms with E-state index in [1.165, 1.54) is 23.1 Å². The van der Waals surface area contributed by atoms with Gasteiger partial charge in [0.2, 0.25) is 0 Å². The fourth-order valence-electron chi connectivity index (χ4n) is 1.85. The first-order valence-corrected chi connectivity index (χ1v) is 8.58. The Balaban J connectivity index is 1.42. The lowest BCUT2D eigenvalue weighted by Gasteiger charge is -1.92. The molecule has 122 valence electrons. The molecule has 4 aromatic heterocycles. The number of aromatic nitrogens is 6. The van der Waals surface area contributed by atoms with Gasteiger partial charge >= 0.3 is 0 Å². The maximum Gasteiger partial charge on any atom is 0.282 e. The molecule has 0 fully saturated rings. The fraction of sp³-hybridized carbons (Fsp3) is 0. The van der Waals surface area contributed by atoms with Gasteiger partial charge in [-0.2, -0.15) is 14.3 Å². The molecule has 0 aromatic carbocycles. The Morgan fingerprint density at radius 3 is 2.20 bits per heavy atom. The molecular formula is C14H9N9S2. The van der Waals surface area contributed by atoms with Gasteiger partial charge in [-0.1, -0.05) is 10.3 Å². The zero-order chi connectivity index (χ0) is 16.9. The molecule has 0 aliphatic carbocycles. The first kappa shape index (κ1) is 15.4. The van der Waals surface area contributed by atoms with Crippen LogP contribution in [0.1, 0.15) is 0 Å². The number of nitrogens with zero attached hydrogens (tertiary/aromatic N) is 8. The Labute approximate surface area is 149 Å². The molecular weight excluding hydrogens is 358 g/mol. The zero-order valence-corrected chi connectivity index (χ0v) is 14.1. The predicted molar refractivity (Wildman–Crippen MR) is 94.4 cm³/mol. The number of rotatable bonds is 5. The van der Waals surface area contributed by atoms with Gasteiger partial charge in [-0.3, -0.25) is 9.97 Å². The van der Waals surface area contributed by atoms with Crippen molar-refractivity contribution in [1.82, 2.24) is 28.7 Å². The summed E-state index contributed by atoms with van der Waals surface area (Å²) in [6, 6.07) is 7.51. The molecule has 0 saturated heterocycles. The molecule has 0 unspecified atom stereocenters. The van der Waals surface area contributed by atoms with Gasteiger partial charge in [-0.15, -0.1) is 4.37 Å². The molecule has 0 bridgehead atoms. The minimum Gasteiger partial charge on any atom is -0.264 e. The molecule has 1 N–H and O–H groups in total. The van der Waals surface area contributed by atoms with E-state index in [-0.39, 0.29) is 5.95 Å². The van der Waals surface area contributed by atoms with Crippen molar-refractivity contribution in [3.05, 3.63) is 49.1 Å². The van der Waals surface area contributed by atoms with Crippen molar-refractivity contribution >= 4 is 35.0 Å². The smallest absolute Gasteiger partial charge is 0.264 e. The monoisotopic (exact) mass is 367 g/mol. The van der Waals surface area contributed by atoms with Crippen LogP contribution >= 0.6 is 23.1 Å². The molecule has 4 rings (SSSR count). The molecule has 0 spiro atoms. The Morgan fingerprint density at radius 2 is 1.52 bits per heavy atom. The van der Waals surface area contributed by atoms with E-state index in [2.05, 4.69) is 44.4 Å². The molecule has 0 radical (unpaired) electrons. The molecule has 0 aliphatic rings. The minimum atomic E-state index is 0.263. The summed E-state index contributed by atoms with van der Waals surface area (Å²) in [7, 11) is 0. The number of anilines is 1. The third-order valence-electron chi connectivity index (χ3n) is 2.95. The maximum atomic E-state index is 4.32. The quantitative estimate of drug-likeness (QED) is 0.423. The van der Waals surface area contributed by atoms with E-state index in [4.69, 9.17) is 0 Å². The summed E-state index contributed by atoms with van der Waals surface area (Å²) in [5, 5.41) is 9.23. The lowest BCUT2D eigenvalue weighted by atomic mass is 10.3. The van der Waals surface area contributed by atoms with Crippen LogP contribution in [0.4, 0.5) is 11.9 Å². The number of hydrogen-bond donors (Lipinski definition) is 1. The predicted octanol–water partition coefficient (Wildman–Crippen LogP) is 3.62. The molecule has 4 aromatic rings. The van der Waals surface area contributed by atoms with E-state index in [0.717, 1.165) is 21.1 Å². The first-order valence-electron chi connectivity index (χ1n) is 7.03. The largest absolute Gasteiger partial charge is 0.282 e. The Hall–Kier alpha value is -3.18. The second kappa shape index (κ2) is 7.15. The van der Waals surface area contributed by atoms with Crippen LogP contribution in [0.5, 0.6) is 0 Å². The molecule has 11 heteroatoms. The maximum absolute atomic E-state index is 4.32. The SMILES string of the molecule is c1cncc(-c2nc(N=NNc3nsc(-c4cccnc4)n3)ns2)c1. The van der Waals surface area contributed by atoms with Crippen molar-refractivity contribution in [1.29, 1.82) is 0 Å². The fourth-order valence-corrected chi connectivity index (χ4v) is 3.05. The van der Waals surface area contributed by atoms with Gasteiger partial charge in [0.05, 0.1) is 0 Å². The van der Waals surface area contributed by atoms with Gasteiger partial charge in [-0.25, -0.2) is 5.43 Å². The molecule has 0 aliphatic heterocycles. The van der Waals surface area contributed by atoms with Crippen LogP contribution in [0.15, 0.2) is 59.4 Å². The highest BCUT2D eigenvalue weighted by Crippen LogP contribution is 2.24. The summed E-state index contributed by atoms with van der Waals surface area (Å²) in [5.41, 5.74) is 4.45. The van der Waals surface area contributed by atoms with E-state index in [1.54, 1.807) is 24.8 Å². The molecule has 25 heavy (non-hydrogen) atoms. The first-order chi connectivity index (χ1) is 12.4. The second-order valence-electron chi connectivity index (χ2n) is 4.62. The normalized spacial score (nSPS) is 11.0. The van der Waals surface area contributed by atoms with Gasteiger partial charge in [0.25, 0.3) is 11.9 Å². The average molecular weight is 367 g/mol. The summed E-state index contributed by atoms with van der Waals surface area (Å²) >= 11 is 2.48. The van der Waals surface area contributed by atoms with Crippen molar-refractivity contribution in [3.63, 3.8) is 0 Å². The van der Waals surface area contributed by atoms with Crippen LogP contribution in [0.25, 0.3) is 21.1 Å². The van der Waals surface area contributed by atoms with Crippen LogP contribution < -0.4 is 5.43 Å². The highest BCUT2D eigenvalue weighted by Gasteiger charge is 2.07. The summed E-state index contributed by atoms with van der Waals surface area (Å²) in [4.78, 5) is 16.7. The van der Waals surface area contributed by atoms with Gasteiger partial charge in [0, 0.05) is 35.9 Å². The third-order valence-corrected chi connectivity index (χ3v) is 4.47. The molecule has 0 amide bonds. The van der Waals surface area contributed by atoms with Crippen molar-refractivity contribution in [3.8, 4) is 21.1 Å². The lowest BCUT2D eigenvalue weighted by Crippen LogP contribution is -1.88. The number of nitrogens with one attached hydrogen (secondary N) is 1. The lowest BCUT2D eigenvalue weighted by molar-refractivity contribution is 1.05. The van der Waals surface area contributed by atoms with Crippen molar-refractivity contribution < 1.29 is 0 Å². The Bertz CT molecular complexity index is 982. The third kappa shape index (κ3) is 3.67. The highest BCUT2D eigenvalue weighted by atomic mass is 32.1. The van der Waals surface area contributed by atoms with Gasteiger partial charge in [0.15, 0.2) is 0 Å². The average Bonchev–Trinajstić information content (AvgIpc) is 3.33. The van der Waals surface area contributed by atoms with Gasteiger partial charge < -0.3 is 0 Å². The summed E-state index contributed by atoms with van der Waals surface area (Å²) < 4.78 is 8.30. The van der Waals surface area contributed by atoms with Crippen molar-refractivity contribution in [2.45, 2.75) is 0 Å². The molecule has 0 atom stereocenters. The van der Waals surface area contributed by atoms with Gasteiger partial charge in [-0.05, 0) is 47.3 Å². The van der Waals surface area contributed by atoms with Crippen LogP contribution in [-0.4, -0.2) is 28.7 Å². The van der Waals surface area contributed by atoms with E-state index in [9.17, 15) is 0 Å². The number of hydrogen-bond acceptors (Lipinski definition) is 10. The molecule has 4 heterocycles. The van der Waals surface area contributed by atoms with Crippen LogP contribution in [0, 0.1) is 0 Å². The summed E-state index contributed by atoms with van der Waals surface area (Å²) in [5.74, 6) is 0.620. The van der Waals surface area contributed by atoms with E-state index in [0.29, 0.717) is 5.95 Å². The summed E-state index contributed by atoms with van der Waals surface area (Å²) in [6.07, 6.45) is 6.86. The standard InChI is InChI=1S/C14H9N9S2/c1-3-9(7-15-5-1)11-17-13(21-24-11)19-23-20-14-18-12(25-22-14)10-4-2-6-16-8-10/h1-8H,(H,19,20,21,22). The van der Waals surface area contributed by atoms with Crippen molar-refractivity contribution in [2.75, 3.05) is 5.43 Å². The highest BCUT2D eigenvalue weighted by molar-refractivity contribution is 7.09. The van der Waals surface area contributed by atoms with Crippen LogP contribution in [-0.2, 0) is 0 Å². The molecule has 9 nitrogen and oxygen atoms in total. The molecule has 0 saturated carbocycles. The van der Waals surface area contributed by atoms with Crippen molar-refractivity contribution in [2.24, 2.45) is 10.3 Å².